The Hall–Kier alpha value is -3.10. The quantitative estimate of drug-likeness (QED) is 0.706. The monoisotopic (exact) mass is 372 g/mol. The molecule has 11 heteroatoms. The second-order valence-corrected chi connectivity index (χ2v) is 6.49. The van der Waals surface area contributed by atoms with E-state index in [1.807, 2.05) is 4.90 Å². The summed E-state index contributed by atoms with van der Waals surface area (Å²) in [5.41, 5.74) is 5.86. The molecule has 1 aliphatic rings. The van der Waals surface area contributed by atoms with E-state index in [-0.39, 0.29) is 5.52 Å². The molecule has 3 aromatic rings. The smallest absolute Gasteiger partial charge is 0.186 e. The lowest BCUT2D eigenvalue weighted by molar-refractivity contribution is 0.0764. The molecule has 1 fully saturated rings. The fourth-order valence-electron chi connectivity index (χ4n) is 2.56. The van der Waals surface area contributed by atoms with E-state index in [4.69, 9.17) is 15.7 Å². The van der Waals surface area contributed by atoms with Crippen LogP contribution in [0.4, 0.5) is 27.0 Å². The number of nitrogens with zero attached hydrogens (tertiary/aromatic N) is 6. The van der Waals surface area contributed by atoms with Crippen LogP contribution in [-0.2, 0) is 4.74 Å². The SMILES string of the molecule is N#C[C@@H]1CN(c2nc3c(F)cnc(Nc4cc(N)ncn4)c3s2)CCO1. The van der Waals surface area contributed by atoms with Gasteiger partial charge in [-0.3, -0.25) is 0 Å². The number of hydrogen-bond donors (Lipinski definition) is 2. The summed E-state index contributed by atoms with van der Waals surface area (Å²) in [7, 11) is 0. The van der Waals surface area contributed by atoms with Crippen molar-refractivity contribution >= 4 is 44.1 Å². The van der Waals surface area contributed by atoms with Gasteiger partial charge < -0.3 is 20.7 Å². The Labute approximate surface area is 151 Å². The van der Waals surface area contributed by atoms with Gasteiger partial charge in [-0.15, -0.1) is 0 Å². The van der Waals surface area contributed by atoms with Crippen molar-refractivity contribution in [2.45, 2.75) is 6.10 Å². The highest BCUT2D eigenvalue weighted by molar-refractivity contribution is 7.22. The number of anilines is 4. The molecule has 4 rings (SSSR count). The number of hydrogen-bond acceptors (Lipinski definition) is 10. The zero-order valence-electron chi connectivity index (χ0n) is 13.4. The Kier molecular flexibility index (Phi) is 4.19. The van der Waals surface area contributed by atoms with Crippen molar-refractivity contribution in [1.82, 2.24) is 19.9 Å². The van der Waals surface area contributed by atoms with Gasteiger partial charge >= 0.3 is 0 Å². The van der Waals surface area contributed by atoms with Gasteiger partial charge in [0, 0.05) is 12.6 Å². The lowest BCUT2D eigenvalue weighted by atomic mass is 10.3. The Morgan fingerprint density at radius 1 is 1.42 bits per heavy atom. The summed E-state index contributed by atoms with van der Waals surface area (Å²) in [4.78, 5) is 18.3. The number of morpholine rings is 1. The molecule has 0 saturated carbocycles. The lowest BCUT2D eigenvalue weighted by Crippen LogP contribution is -2.41. The number of pyridine rings is 1. The molecular formula is C15H13FN8OS. The van der Waals surface area contributed by atoms with E-state index in [1.54, 1.807) is 6.07 Å². The van der Waals surface area contributed by atoms with Crippen molar-refractivity contribution in [2.75, 3.05) is 35.6 Å². The summed E-state index contributed by atoms with van der Waals surface area (Å²) in [6.07, 6.45) is 1.91. The van der Waals surface area contributed by atoms with Crippen LogP contribution in [-0.4, -0.2) is 45.7 Å². The van der Waals surface area contributed by atoms with E-state index < -0.39 is 11.9 Å². The van der Waals surface area contributed by atoms with Crippen LogP contribution in [0.25, 0.3) is 10.2 Å². The summed E-state index contributed by atoms with van der Waals surface area (Å²) in [6.45, 7) is 1.38. The zero-order valence-corrected chi connectivity index (χ0v) is 14.2. The van der Waals surface area contributed by atoms with Gasteiger partial charge in [-0.2, -0.15) is 5.26 Å². The second kappa shape index (κ2) is 6.66. The first kappa shape index (κ1) is 16.4. The Morgan fingerprint density at radius 2 is 2.31 bits per heavy atom. The van der Waals surface area contributed by atoms with Crippen molar-refractivity contribution in [3.63, 3.8) is 0 Å². The lowest BCUT2D eigenvalue weighted by Gasteiger charge is -2.29. The third-order valence-corrected chi connectivity index (χ3v) is 4.90. The zero-order chi connectivity index (χ0) is 18.1. The minimum Gasteiger partial charge on any atom is -0.384 e. The second-order valence-electron chi connectivity index (χ2n) is 5.52. The molecule has 3 N–H and O–H groups in total. The first-order chi connectivity index (χ1) is 12.6. The Morgan fingerprint density at radius 3 is 3.12 bits per heavy atom. The maximum absolute atomic E-state index is 14.2. The summed E-state index contributed by atoms with van der Waals surface area (Å²) in [5.74, 6) is 0.666. The third-order valence-electron chi connectivity index (χ3n) is 3.78. The average Bonchev–Trinajstić information content (AvgIpc) is 3.11. The van der Waals surface area contributed by atoms with E-state index in [0.29, 0.717) is 47.0 Å². The number of fused-ring (bicyclic) bond motifs is 1. The number of thiazole rings is 1. The largest absolute Gasteiger partial charge is 0.384 e. The van der Waals surface area contributed by atoms with Crippen molar-refractivity contribution in [3.8, 4) is 6.07 Å². The molecular weight excluding hydrogens is 359 g/mol. The number of nitriles is 1. The maximum atomic E-state index is 14.2. The van der Waals surface area contributed by atoms with E-state index in [2.05, 4.69) is 31.3 Å². The molecule has 0 radical (unpaired) electrons. The number of nitrogens with one attached hydrogen (secondary N) is 1. The van der Waals surface area contributed by atoms with Crippen LogP contribution in [0.2, 0.25) is 0 Å². The van der Waals surface area contributed by atoms with Crippen LogP contribution >= 0.6 is 11.3 Å². The molecule has 1 aliphatic heterocycles. The molecule has 0 amide bonds. The van der Waals surface area contributed by atoms with Crippen molar-refractivity contribution in [1.29, 1.82) is 5.26 Å². The van der Waals surface area contributed by atoms with Crippen molar-refractivity contribution in [3.05, 3.63) is 24.4 Å². The number of aromatic nitrogens is 4. The summed E-state index contributed by atoms with van der Waals surface area (Å²) < 4.78 is 20.1. The highest BCUT2D eigenvalue weighted by Crippen LogP contribution is 2.35. The van der Waals surface area contributed by atoms with E-state index in [1.165, 1.54) is 17.7 Å². The van der Waals surface area contributed by atoms with Gasteiger partial charge in [0.05, 0.1) is 25.4 Å². The van der Waals surface area contributed by atoms with Crippen molar-refractivity contribution < 1.29 is 9.13 Å². The van der Waals surface area contributed by atoms with Gasteiger partial charge in [-0.25, -0.2) is 24.3 Å². The molecule has 132 valence electrons. The van der Waals surface area contributed by atoms with E-state index in [0.717, 1.165) is 6.20 Å². The highest BCUT2D eigenvalue weighted by Gasteiger charge is 2.24. The Balaban J connectivity index is 1.70. The first-order valence-corrected chi connectivity index (χ1v) is 8.51. The number of ether oxygens (including phenoxy) is 1. The summed E-state index contributed by atoms with van der Waals surface area (Å²) in [5, 5.41) is 12.7. The average molecular weight is 372 g/mol. The Bertz CT molecular complexity index is 1000. The standard InChI is InChI=1S/C15H13FN8OS/c16-9-5-19-14(22-11-3-10(18)20-7-21-11)13-12(9)23-15(26-13)24-1-2-25-8(4-17)6-24/h3,5,7-8H,1-2,6H2,(H3,18,19,20,21,22)/t8-/m1/s1. The normalized spacial score (nSPS) is 17.2. The predicted octanol–water partition coefficient (Wildman–Crippen LogP) is 1.67. The molecule has 4 heterocycles. The van der Waals surface area contributed by atoms with Crippen molar-refractivity contribution in [2.24, 2.45) is 0 Å². The maximum Gasteiger partial charge on any atom is 0.186 e. The topological polar surface area (TPSA) is 126 Å². The van der Waals surface area contributed by atoms with Gasteiger partial charge in [0.15, 0.2) is 22.9 Å². The van der Waals surface area contributed by atoms with Crippen LogP contribution in [0.15, 0.2) is 18.6 Å². The van der Waals surface area contributed by atoms with E-state index >= 15 is 0 Å². The van der Waals surface area contributed by atoms with Crippen LogP contribution in [0.1, 0.15) is 0 Å². The third kappa shape index (κ3) is 3.07. The van der Waals surface area contributed by atoms with Gasteiger partial charge in [-0.1, -0.05) is 11.3 Å². The molecule has 26 heavy (non-hydrogen) atoms. The van der Waals surface area contributed by atoms with Gasteiger partial charge in [0.25, 0.3) is 0 Å². The van der Waals surface area contributed by atoms with Crippen LogP contribution < -0.4 is 16.0 Å². The van der Waals surface area contributed by atoms with Gasteiger partial charge in [-0.05, 0) is 0 Å². The minimum atomic E-state index is -0.527. The van der Waals surface area contributed by atoms with Crippen LogP contribution in [0.5, 0.6) is 0 Å². The van der Waals surface area contributed by atoms with Crippen LogP contribution in [0, 0.1) is 17.1 Å². The number of nitrogens with two attached hydrogens (primary N) is 1. The fourth-order valence-corrected chi connectivity index (χ4v) is 3.61. The molecule has 0 aliphatic carbocycles. The molecule has 0 unspecified atom stereocenters. The molecule has 1 atom stereocenters. The molecule has 1 saturated heterocycles. The minimum absolute atomic E-state index is 0.213. The molecule has 3 aromatic heterocycles. The predicted molar refractivity (Wildman–Crippen MR) is 94.7 cm³/mol. The first-order valence-electron chi connectivity index (χ1n) is 7.70. The molecule has 0 bridgehead atoms. The summed E-state index contributed by atoms with van der Waals surface area (Å²) in [6, 6.07) is 3.64. The highest BCUT2D eigenvalue weighted by atomic mass is 32.1. The van der Waals surface area contributed by atoms with E-state index in [9.17, 15) is 4.39 Å². The number of rotatable bonds is 3. The van der Waals surface area contributed by atoms with Gasteiger partial charge in [0.1, 0.15) is 28.2 Å². The molecule has 0 aromatic carbocycles. The van der Waals surface area contributed by atoms with Gasteiger partial charge in [0.2, 0.25) is 0 Å². The molecule has 9 nitrogen and oxygen atoms in total. The number of halogens is 1. The molecule has 0 spiro atoms. The summed E-state index contributed by atoms with van der Waals surface area (Å²) >= 11 is 1.29. The fraction of sp³-hybridized carbons (Fsp3) is 0.267. The van der Waals surface area contributed by atoms with Crippen LogP contribution in [0.3, 0.4) is 0 Å². The number of nitrogen functional groups attached to an aromatic ring is 1.